The van der Waals surface area contributed by atoms with Crippen molar-refractivity contribution < 1.29 is 24.2 Å². The van der Waals surface area contributed by atoms with Crippen molar-refractivity contribution in [3.05, 3.63) is 29.8 Å². The fourth-order valence-electron chi connectivity index (χ4n) is 3.53. The van der Waals surface area contributed by atoms with E-state index in [-0.39, 0.29) is 11.7 Å². The Morgan fingerprint density at radius 3 is 2.03 bits per heavy atom. The molecular formula is C26H43N3O5. The molecule has 0 aliphatic carbocycles. The number of carbonyl (C=O) groups excluding carboxylic acids is 3. The predicted octanol–water partition coefficient (Wildman–Crippen LogP) is 4.52. The highest BCUT2D eigenvalue weighted by molar-refractivity contribution is 5.93. The van der Waals surface area contributed by atoms with Gasteiger partial charge in [0.15, 0.2) is 0 Å². The number of hydrogen-bond donors (Lipinski definition) is 3. The molecule has 0 aromatic heterocycles. The van der Waals surface area contributed by atoms with Gasteiger partial charge in [0.2, 0.25) is 11.8 Å². The number of nitrogens with zero attached hydrogens (tertiary/aromatic N) is 1. The van der Waals surface area contributed by atoms with E-state index in [0.717, 1.165) is 0 Å². The van der Waals surface area contributed by atoms with Crippen LogP contribution in [0.4, 0.5) is 4.79 Å². The van der Waals surface area contributed by atoms with E-state index in [1.807, 2.05) is 34.6 Å². The molecule has 3 unspecified atom stereocenters. The van der Waals surface area contributed by atoms with Gasteiger partial charge in [-0.15, -0.1) is 0 Å². The van der Waals surface area contributed by atoms with Gasteiger partial charge in [0, 0.05) is 17.1 Å². The quantitative estimate of drug-likeness (QED) is 0.510. The number of phenols is 1. The summed E-state index contributed by atoms with van der Waals surface area (Å²) in [6, 6.07) is 4.06. The van der Waals surface area contributed by atoms with E-state index in [2.05, 4.69) is 10.6 Å². The second kappa shape index (κ2) is 11.6. The number of amides is 3. The summed E-state index contributed by atoms with van der Waals surface area (Å²) in [5.74, 6) is -1.16. The maximum Gasteiger partial charge on any atom is 0.408 e. The lowest BCUT2D eigenvalue weighted by Gasteiger charge is -2.39. The smallest absolute Gasteiger partial charge is 0.408 e. The number of carbonyl (C=O) groups is 3. The summed E-state index contributed by atoms with van der Waals surface area (Å²) in [7, 11) is 0. The number of para-hydroxylation sites is 1. The largest absolute Gasteiger partial charge is 0.508 e. The van der Waals surface area contributed by atoms with Crippen LogP contribution in [0.3, 0.4) is 0 Å². The molecule has 0 spiro atoms. The van der Waals surface area contributed by atoms with Crippen molar-refractivity contribution in [3.8, 4) is 5.75 Å². The van der Waals surface area contributed by atoms with Crippen molar-refractivity contribution in [2.75, 3.05) is 0 Å². The molecule has 8 nitrogen and oxygen atoms in total. The lowest BCUT2D eigenvalue weighted by atomic mass is 9.94. The van der Waals surface area contributed by atoms with Crippen LogP contribution in [-0.2, 0) is 14.3 Å². The first-order valence-electron chi connectivity index (χ1n) is 11.9. The normalized spacial score (nSPS) is 14.7. The van der Waals surface area contributed by atoms with E-state index in [4.69, 9.17) is 4.74 Å². The molecule has 3 N–H and O–H groups in total. The summed E-state index contributed by atoms with van der Waals surface area (Å²) in [6.45, 7) is 18.2. The Kier molecular flexibility index (Phi) is 9.97. The van der Waals surface area contributed by atoms with Crippen molar-refractivity contribution in [1.82, 2.24) is 15.5 Å². The van der Waals surface area contributed by atoms with Crippen LogP contribution in [0.1, 0.15) is 87.3 Å². The molecule has 192 valence electrons. The molecule has 0 aliphatic heterocycles. The molecule has 3 amide bonds. The lowest BCUT2D eigenvalue weighted by Crippen LogP contribution is -2.58. The van der Waals surface area contributed by atoms with Crippen molar-refractivity contribution in [3.63, 3.8) is 0 Å². The summed E-state index contributed by atoms with van der Waals surface area (Å²) in [5.41, 5.74) is -0.974. The average molecular weight is 478 g/mol. The molecule has 1 rings (SSSR count). The van der Waals surface area contributed by atoms with E-state index in [9.17, 15) is 19.5 Å². The minimum atomic E-state index is -1.10. The summed E-state index contributed by atoms with van der Waals surface area (Å²) in [5, 5.41) is 16.3. The third-order valence-corrected chi connectivity index (χ3v) is 5.22. The van der Waals surface area contributed by atoms with E-state index in [1.54, 1.807) is 52.8 Å². The number of hydrogen-bond acceptors (Lipinski definition) is 5. The first-order chi connectivity index (χ1) is 15.5. The number of phenolic OH excluding ortho intramolecular Hbond substituents is 1. The molecule has 1 aromatic rings. The summed E-state index contributed by atoms with van der Waals surface area (Å²) in [4.78, 5) is 41.5. The fourth-order valence-corrected chi connectivity index (χ4v) is 3.53. The van der Waals surface area contributed by atoms with Crippen LogP contribution in [-0.4, -0.2) is 51.1 Å². The van der Waals surface area contributed by atoms with Gasteiger partial charge in [-0.2, -0.15) is 0 Å². The maximum absolute atomic E-state index is 14.0. The highest BCUT2D eigenvalue weighted by Crippen LogP contribution is 2.32. The molecule has 0 aliphatic rings. The molecule has 0 saturated heterocycles. The van der Waals surface area contributed by atoms with E-state index < -0.39 is 47.2 Å². The van der Waals surface area contributed by atoms with Crippen LogP contribution < -0.4 is 10.6 Å². The summed E-state index contributed by atoms with van der Waals surface area (Å²) in [6.07, 6.45) is -0.0822. The second-order valence-electron chi connectivity index (χ2n) is 11.0. The minimum absolute atomic E-state index is 0.0878. The van der Waals surface area contributed by atoms with Gasteiger partial charge in [-0.1, -0.05) is 38.5 Å². The Labute approximate surface area is 204 Å². The Hall–Kier alpha value is -2.77. The van der Waals surface area contributed by atoms with Gasteiger partial charge in [0.1, 0.15) is 23.4 Å². The van der Waals surface area contributed by atoms with Crippen molar-refractivity contribution in [2.45, 2.75) is 105 Å². The third-order valence-electron chi connectivity index (χ3n) is 5.22. The number of alkyl carbamates (subject to hydrolysis) is 1. The molecule has 1 aromatic carbocycles. The Bertz CT molecular complexity index is 855. The average Bonchev–Trinajstić information content (AvgIpc) is 2.66. The highest BCUT2D eigenvalue weighted by Gasteiger charge is 2.41. The van der Waals surface area contributed by atoms with Gasteiger partial charge in [-0.25, -0.2) is 4.79 Å². The monoisotopic (exact) mass is 477 g/mol. The number of aromatic hydroxyl groups is 1. The van der Waals surface area contributed by atoms with Crippen LogP contribution in [0.5, 0.6) is 5.75 Å². The molecule has 0 bridgehead atoms. The van der Waals surface area contributed by atoms with Crippen molar-refractivity contribution in [1.29, 1.82) is 0 Å². The topological polar surface area (TPSA) is 108 Å². The second-order valence-corrected chi connectivity index (χ2v) is 11.0. The zero-order valence-corrected chi connectivity index (χ0v) is 22.4. The van der Waals surface area contributed by atoms with Gasteiger partial charge >= 0.3 is 6.09 Å². The van der Waals surface area contributed by atoms with Crippen molar-refractivity contribution >= 4 is 17.9 Å². The van der Waals surface area contributed by atoms with Gasteiger partial charge in [-0.05, 0) is 67.4 Å². The molecule has 0 fully saturated rings. The van der Waals surface area contributed by atoms with Crippen LogP contribution in [0.2, 0.25) is 0 Å². The van der Waals surface area contributed by atoms with Crippen molar-refractivity contribution in [2.24, 2.45) is 5.92 Å². The lowest BCUT2D eigenvalue weighted by molar-refractivity contribution is -0.146. The van der Waals surface area contributed by atoms with Gasteiger partial charge in [0.25, 0.3) is 0 Å². The third kappa shape index (κ3) is 8.54. The molecule has 0 saturated carbocycles. The van der Waals surface area contributed by atoms with E-state index in [0.29, 0.717) is 12.0 Å². The molecule has 8 heteroatoms. The van der Waals surface area contributed by atoms with Gasteiger partial charge < -0.3 is 25.4 Å². The molecule has 0 heterocycles. The van der Waals surface area contributed by atoms with Crippen LogP contribution >= 0.6 is 0 Å². The minimum Gasteiger partial charge on any atom is -0.508 e. The van der Waals surface area contributed by atoms with E-state index in [1.165, 1.54) is 11.0 Å². The SMILES string of the molecule is CCC(C)C(NC(=O)OC(C)(C)C)C(=O)N(C(C)C)C(C(=O)NC(C)(C)C)c1ccccc1O. The van der Waals surface area contributed by atoms with Crippen LogP contribution in [0, 0.1) is 5.92 Å². The number of ether oxygens (including phenoxy) is 1. The van der Waals surface area contributed by atoms with Gasteiger partial charge in [0.05, 0.1) is 0 Å². The zero-order chi connectivity index (χ0) is 26.4. The molecule has 0 radical (unpaired) electrons. The molecular weight excluding hydrogens is 434 g/mol. The van der Waals surface area contributed by atoms with Gasteiger partial charge in [-0.3, -0.25) is 9.59 Å². The maximum atomic E-state index is 14.0. The Morgan fingerprint density at radius 2 is 1.59 bits per heavy atom. The molecule has 3 atom stereocenters. The first-order valence-corrected chi connectivity index (χ1v) is 11.9. The number of benzene rings is 1. The first kappa shape index (κ1) is 29.3. The van der Waals surface area contributed by atoms with Crippen LogP contribution in [0.25, 0.3) is 0 Å². The standard InChI is InChI=1S/C26H43N3O5/c1-11-17(4)20(27-24(33)34-26(8,9)10)23(32)29(16(2)3)21(22(31)28-25(5,6)7)18-14-12-13-15-19(18)30/h12-17,20-21,30H,11H2,1-10H3,(H,27,33)(H,28,31). The van der Waals surface area contributed by atoms with E-state index >= 15 is 0 Å². The summed E-state index contributed by atoms with van der Waals surface area (Å²) < 4.78 is 5.39. The number of nitrogens with one attached hydrogen (secondary N) is 2. The predicted molar refractivity (Wildman–Crippen MR) is 133 cm³/mol. The Morgan fingerprint density at radius 1 is 1.03 bits per heavy atom. The zero-order valence-electron chi connectivity index (χ0n) is 22.4. The highest BCUT2D eigenvalue weighted by atomic mass is 16.6. The van der Waals surface area contributed by atoms with Crippen LogP contribution in [0.15, 0.2) is 24.3 Å². The number of rotatable bonds is 8. The Balaban J connectivity index is 3.54. The fraction of sp³-hybridized carbons (Fsp3) is 0.654. The summed E-state index contributed by atoms with van der Waals surface area (Å²) >= 11 is 0. The molecule has 34 heavy (non-hydrogen) atoms.